The smallest absolute Gasteiger partial charge is 0.340 e. The van der Waals surface area contributed by atoms with Gasteiger partial charge in [0, 0.05) is 134 Å². The van der Waals surface area contributed by atoms with Crippen molar-refractivity contribution >= 4 is 87.6 Å². The molecule has 26 nitrogen and oxygen atoms in total. The van der Waals surface area contributed by atoms with E-state index in [4.69, 9.17) is 4.74 Å². The first-order valence-electron chi connectivity index (χ1n) is 24.7. The monoisotopic (exact) mass is 1070 g/mol. The van der Waals surface area contributed by atoms with Gasteiger partial charge in [-0.3, -0.25) is 43.2 Å². The highest BCUT2D eigenvalue weighted by atomic mass is 16.5. The highest BCUT2D eigenvalue weighted by Gasteiger charge is 2.68. The minimum absolute atomic E-state index is 0.00318. The molecule has 6 aromatic heterocycles. The van der Waals surface area contributed by atoms with Crippen LogP contribution in [-0.4, -0.2) is 123 Å². The lowest BCUT2D eigenvalue weighted by Crippen LogP contribution is -2.36. The van der Waals surface area contributed by atoms with Crippen molar-refractivity contribution in [3.05, 3.63) is 118 Å². The van der Waals surface area contributed by atoms with E-state index < -0.39 is 40.9 Å². The summed E-state index contributed by atoms with van der Waals surface area (Å²) >= 11 is 0. The molecule has 78 heavy (non-hydrogen) atoms. The number of aromatic nitrogens is 7. The van der Waals surface area contributed by atoms with E-state index in [9.17, 15) is 47.9 Å². The Balaban J connectivity index is 0.700. The van der Waals surface area contributed by atoms with E-state index in [1.54, 1.807) is 71.8 Å². The molecule has 1 saturated heterocycles. The minimum atomic E-state index is -0.626. The number of rotatable bonds is 18. The second-order valence-electron chi connectivity index (χ2n) is 19.6. The maximum Gasteiger partial charge on any atom is 0.340 e. The number of hydrogen-bond acceptors (Lipinski definition) is 12. The van der Waals surface area contributed by atoms with Crippen molar-refractivity contribution in [2.75, 3.05) is 53.3 Å². The van der Waals surface area contributed by atoms with Crippen LogP contribution in [0.25, 0.3) is 0 Å². The number of ether oxygens (including phenoxy) is 1. The number of amides is 8. The van der Waals surface area contributed by atoms with Gasteiger partial charge < -0.3 is 74.7 Å². The SMILES string of the molecule is COC(=O)c1c(C)[nH]c2c1[C@]13C[C@H]1CN(C(=O)CCNC(=O)c1cc(NC(=O)c4cc(NC(=O)CCCNC(=O)c5cc(NC(=O)c6cc(NC(=O)c7nc(NC(C)=O)cn7C)cn6C)cn5C)cn4C)cn1C)C3=CC2=O. The van der Waals surface area contributed by atoms with Gasteiger partial charge in [-0.2, -0.15) is 0 Å². The summed E-state index contributed by atoms with van der Waals surface area (Å²) in [6, 6.07) is 5.97. The molecule has 0 radical (unpaired) electrons. The largest absolute Gasteiger partial charge is 0.465 e. The molecule has 6 aromatic rings. The van der Waals surface area contributed by atoms with Crippen molar-refractivity contribution in [2.24, 2.45) is 41.2 Å². The molecule has 2 atom stereocenters. The van der Waals surface area contributed by atoms with Crippen LogP contribution in [0.2, 0.25) is 0 Å². The van der Waals surface area contributed by atoms with Crippen LogP contribution >= 0.6 is 0 Å². The lowest BCUT2D eigenvalue weighted by Gasteiger charge is -2.28. The number of allylic oxidation sites excluding steroid dienone is 2. The van der Waals surface area contributed by atoms with Gasteiger partial charge in [-0.1, -0.05) is 0 Å². The van der Waals surface area contributed by atoms with E-state index in [0.717, 1.165) is 0 Å². The number of carbonyl (C=O) groups is 10. The van der Waals surface area contributed by atoms with Crippen LogP contribution in [0, 0.1) is 12.8 Å². The average Bonchev–Trinajstić information content (AvgIpc) is 3.89. The maximum atomic E-state index is 13.6. The summed E-state index contributed by atoms with van der Waals surface area (Å²) in [5.74, 6) is -4.06. The fourth-order valence-electron chi connectivity index (χ4n) is 10.3. The lowest BCUT2D eigenvalue weighted by atomic mass is 9.82. The van der Waals surface area contributed by atoms with Gasteiger partial charge >= 0.3 is 5.97 Å². The van der Waals surface area contributed by atoms with Crippen molar-refractivity contribution in [1.82, 2.24) is 48.3 Å². The lowest BCUT2D eigenvalue weighted by molar-refractivity contribution is -0.129. The fourth-order valence-corrected chi connectivity index (χ4v) is 10.3. The number of hydrogen-bond donors (Lipinski definition) is 8. The molecule has 1 aliphatic heterocycles. The van der Waals surface area contributed by atoms with Crippen LogP contribution in [-0.2, 0) is 59.8 Å². The Morgan fingerprint density at radius 1 is 0.667 bits per heavy atom. The number of ketones is 1. The van der Waals surface area contributed by atoms with E-state index >= 15 is 0 Å². The summed E-state index contributed by atoms with van der Waals surface area (Å²) in [6.07, 6.45) is 10.2. The van der Waals surface area contributed by atoms with Gasteiger partial charge in [0.2, 0.25) is 29.3 Å². The molecular weight excluding hydrogens is 1010 g/mol. The Hall–Kier alpha value is -9.75. The maximum absolute atomic E-state index is 13.6. The standard InChI is InChI=1S/C52H57N15O11/c1-26-42(51(77)78-8)43-44(55-26)37(69)18-38-52(43)19-28(52)20-67(38)41(71)11-13-54-47(73)34-16-31(23-63(34)4)58-48(74)35-14-29(21-64(35)5)57-40(70)10-9-12-53-46(72)33-15-30(22-62(33)3)59-49(75)36-17-32(24-65(36)6)60-50(76)45-61-39(25-66(45)7)56-27(2)68/h14-18,21-25,28,55H,9-13,19-20H2,1-8H3,(H,53,72)(H,54,73)(H,56,68)(H,57,70)(H,58,74)(H,59,75)(H,60,76)/t28-,52+/m0/s1. The first-order valence-corrected chi connectivity index (χ1v) is 24.7. The Bertz CT molecular complexity index is 3580. The molecule has 0 unspecified atom stereocenters. The quantitative estimate of drug-likeness (QED) is 0.0455. The molecule has 2 fully saturated rings. The number of fused-ring (bicyclic) bond motifs is 1. The summed E-state index contributed by atoms with van der Waals surface area (Å²) in [7, 11) is 9.42. The minimum Gasteiger partial charge on any atom is -0.465 e. The Morgan fingerprint density at radius 2 is 1.18 bits per heavy atom. The number of aryl methyl sites for hydroxylation is 6. The number of esters is 1. The third kappa shape index (κ3) is 10.2. The molecule has 1 saturated carbocycles. The number of nitrogens with zero attached hydrogens (tertiary/aromatic N) is 7. The first-order chi connectivity index (χ1) is 37.1. The van der Waals surface area contributed by atoms with Crippen LogP contribution in [0.1, 0.15) is 117 Å². The number of aromatic amines is 1. The van der Waals surface area contributed by atoms with E-state index in [1.807, 2.05) is 0 Å². The molecule has 0 bridgehead atoms. The summed E-state index contributed by atoms with van der Waals surface area (Å²) in [4.78, 5) is 139. The number of anilines is 5. The number of methoxy groups -OCH3 is 1. The first kappa shape index (κ1) is 53.1. The molecule has 406 valence electrons. The molecule has 8 amide bonds. The topological polar surface area (TPSA) is 321 Å². The molecule has 26 heteroatoms. The zero-order chi connectivity index (χ0) is 56.1. The Kier molecular flexibility index (Phi) is 14.1. The zero-order valence-corrected chi connectivity index (χ0v) is 43.9. The van der Waals surface area contributed by atoms with E-state index in [-0.39, 0.29) is 96.2 Å². The number of H-pyrrole nitrogens is 1. The van der Waals surface area contributed by atoms with Gasteiger partial charge in [0.1, 0.15) is 22.8 Å². The molecule has 9 rings (SSSR count). The fraction of sp³-hybridized carbons (Fsp3) is 0.327. The summed E-state index contributed by atoms with van der Waals surface area (Å²) in [5.41, 5.74) is 3.95. The van der Waals surface area contributed by atoms with Crippen molar-refractivity contribution in [3.8, 4) is 0 Å². The Morgan fingerprint density at radius 3 is 1.72 bits per heavy atom. The molecule has 1 spiro atoms. The predicted molar refractivity (Wildman–Crippen MR) is 281 cm³/mol. The van der Waals surface area contributed by atoms with Crippen molar-refractivity contribution in [2.45, 2.75) is 44.9 Å². The zero-order valence-electron chi connectivity index (χ0n) is 43.9. The van der Waals surface area contributed by atoms with Crippen LogP contribution in [0.4, 0.5) is 28.6 Å². The van der Waals surface area contributed by atoms with Crippen LogP contribution in [0.15, 0.2) is 67.0 Å². The van der Waals surface area contributed by atoms with Crippen molar-refractivity contribution < 1.29 is 52.7 Å². The molecule has 0 aromatic carbocycles. The van der Waals surface area contributed by atoms with Gasteiger partial charge in [-0.25, -0.2) is 9.78 Å². The van der Waals surface area contributed by atoms with Crippen LogP contribution in [0.5, 0.6) is 0 Å². The van der Waals surface area contributed by atoms with Gasteiger partial charge in [0.15, 0.2) is 5.82 Å². The van der Waals surface area contributed by atoms with Gasteiger partial charge in [-0.15, -0.1) is 0 Å². The van der Waals surface area contributed by atoms with E-state index in [1.165, 1.54) is 73.4 Å². The predicted octanol–water partition coefficient (Wildman–Crippen LogP) is 3.06. The highest BCUT2D eigenvalue weighted by molar-refractivity contribution is 6.12. The normalized spacial score (nSPS) is 15.8. The third-order valence-corrected chi connectivity index (χ3v) is 14.0. The van der Waals surface area contributed by atoms with E-state index in [2.05, 4.69) is 47.2 Å². The second kappa shape index (κ2) is 20.8. The second-order valence-corrected chi connectivity index (χ2v) is 19.6. The number of imidazole rings is 1. The van der Waals surface area contributed by atoms with Crippen molar-refractivity contribution in [1.29, 1.82) is 0 Å². The van der Waals surface area contributed by atoms with Crippen LogP contribution < -0.4 is 37.2 Å². The highest BCUT2D eigenvalue weighted by Crippen LogP contribution is 2.67. The van der Waals surface area contributed by atoms with Gasteiger partial charge in [-0.05, 0) is 49.9 Å². The van der Waals surface area contributed by atoms with Gasteiger partial charge in [0.05, 0.1) is 41.1 Å². The average molecular weight is 1070 g/mol. The van der Waals surface area contributed by atoms with Gasteiger partial charge in [0.25, 0.3) is 29.5 Å². The number of carbonyl (C=O) groups excluding carboxylic acids is 10. The van der Waals surface area contributed by atoms with Crippen molar-refractivity contribution in [3.63, 3.8) is 0 Å². The summed E-state index contributed by atoms with van der Waals surface area (Å²) in [5, 5.41) is 19.1. The molecule has 8 N–H and O–H groups in total. The van der Waals surface area contributed by atoms with Crippen LogP contribution in [0.3, 0.4) is 0 Å². The molecular formula is C52H57N15O11. The number of piperidine rings is 1. The summed E-state index contributed by atoms with van der Waals surface area (Å²) in [6.45, 7) is 3.57. The number of nitrogens with one attached hydrogen (secondary N) is 8. The molecule has 3 aliphatic rings. The molecule has 7 heterocycles. The third-order valence-electron chi connectivity index (χ3n) is 14.0. The van der Waals surface area contributed by atoms with E-state index in [0.29, 0.717) is 63.9 Å². The summed E-state index contributed by atoms with van der Waals surface area (Å²) < 4.78 is 12.6. The molecule has 2 aliphatic carbocycles. The number of likely N-dealkylation sites (tertiary alicyclic amines) is 1. The Labute approximate surface area is 444 Å².